The van der Waals surface area contributed by atoms with E-state index >= 15 is 0 Å². The summed E-state index contributed by atoms with van der Waals surface area (Å²) in [5, 5.41) is 15.8. The number of piperidine rings is 1. The van der Waals surface area contributed by atoms with Crippen LogP contribution in [0.25, 0.3) is 10.9 Å². The van der Waals surface area contributed by atoms with Crippen LogP contribution >= 0.6 is 0 Å². The Kier molecular flexibility index (Phi) is 6.85. The summed E-state index contributed by atoms with van der Waals surface area (Å²) in [6.07, 6.45) is 4.50. The number of aryl methyl sites for hydroxylation is 1. The fourth-order valence-electron chi connectivity index (χ4n) is 4.13. The molecule has 0 bridgehead atoms. The van der Waals surface area contributed by atoms with Gasteiger partial charge in [0.1, 0.15) is 11.7 Å². The van der Waals surface area contributed by atoms with Gasteiger partial charge >= 0.3 is 0 Å². The van der Waals surface area contributed by atoms with Gasteiger partial charge in [0.2, 0.25) is 5.91 Å². The number of amides is 1. The quantitative estimate of drug-likeness (QED) is 0.514. The maximum absolute atomic E-state index is 11.5. The summed E-state index contributed by atoms with van der Waals surface area (Å²) in [6, 6.07) is 9.21. The number of nitrogens with one attached hydrogen (secondary N) is 3. The molecule has 2 heterocycles. The average Bonchev–Trinajstić information content (AvgIpc) is 2.67. The van der Waals surface area contributed by atoms with E-state index in [1.54, 1.807) is 0 Å². The molecule has 1 aliphatic heterocycles. The molecular weight excluding hydrogens is 362 g/mol. The average molecular weight is 396 g/mol. The van der Waals surface area contributed by atoms with Gasteiger partial charge in [-0.1, -0.05) is 25.0 Å². The van der Waals surface area contributed by atoms with Crippen molar-refractivity contribution in [2.45, 2.75) is 65.5 Å². The molecule has 1 unspecified atom stereocenters. The number of carbonyl (C=O) groups excluding carboxylic acids is 1. The van der Waals surface area contributed by atoms with Crippen LogP contribution in [0.4, 0.5) is 5.82 Å². The van der Waals surface area contributed by atoms with Crippen molar-refractivity contribution in [3.05, 3.63) is 35.4 Å². The monoisotopic (exact) mass is 395 g/mol. The number of aromatic nitrogens is 1. The molecule has 6 nitrogen and oxygen atoms in total. The first-order chi connectivity index (χ1) is 13.9. The molecule has 2 aromatic rings. The van der Waals surface area contributed by atoms with E-state index in [-0.39, 0.29) is 11.7 Å². The lowest BCUT2D eigenvalue weighted by molar-refractivity contribution is -0.117. The summed E-state index contributed by atoms with van der Waals surface area (Å²) in [5.74, 6) is 0.665. The number of nitrogens with zero attached hydrogens (tertiary/aromatic N) is 2. The predicted octanol–water partition coefficient (Wildman–Crippen LogP) is 3.75. The Morgan fingerprint density at radius 3 is 2.69 bits per heavy atom. The van der Waals surface area contributed by atoms with Crippen molar-refractivity contribution in [2.24, 2.45) is 0 Å². The molecule has 1 aliphatic rings. The summed E-state index contributed by atoms with van der Waals surface area (Å²) in [7, 11) is 0. The number of rotatable bonds is 6. The zero-order chi connectivity index (χ0) is 21.0. The van der Waals surface area contributed by atoms with Gasteiger partial charge in [-0.2, -0.15) is 0 Å². The molecule has 0 radical (unpaired) electrons. The summed E-state index contributed by atoms with van der Waals surface area (Å²) < 4.78 is 0. The highest BCUT2D eigenvalue weighted by molar-refractivity contribution is 6.10. The van der Waals surface area contributed by atoms with Gasteiger partial charge in [-0.3, -0.25) is 10.2 Å². The van der Waals surface area contributed by atoms with Crippen LogP contribution in [0.3, 0.4) is 0 Å². The smallest absolute Gasteiger partial charge is 0.222 e. The van der Waals surface area contributed by atoms with Crippen molar-refractivity contribution in [2.75, 3.05) is 18.0 Å². The number of hydrogen-bond donors (Lipinski definition) is 3. The van der Waals surface area contributed by atoms with E-state index in [1.807, 2.05) is 19.1 Å². The highest BCUT2D eigenvalue weighted by Crippen LogP contribution is 2.27. The Bertz CT molecular complexity index is 886. The van der Waals surface area contributed by atoms with Gasteiger partial charge in [0.15, 0.2) is 0 Å². The van der Waals surface area contributed by atoms with Crippen molar-refractivity contribution in [1.82, 2.24) is 15.6 Å². The second-order valence-corrected chi connectivity index (χ2v) is 8.23. The summed E-state index contributed by atoms with van der Waals surface area (Å²) in [4.78, 5) is 18.7. The molecule has 1 aromatic heterocycles. The lowest BCUT2D eigenvalue weighted by atomic mass is 10.0. The minimum atomic E-state index is -0.238. The first kappa shape index (κ1) is 21.2. The minimum Gasteiger partial charge on any atom is -0.356 e. The van der Waals surface area contributed by atoms with Crippen molar-refractivity contribution in [3.63, 3.8) is 0 Å². The zero-order valence-corrected chi connectivity index (χ0v) is 18.0. The van der Waals surface area contributed by atoms with Gasteiger partial charge < -0.3 is 15.5 Å². The van der Waals surface area contributed by atoms with Gasteiger partial charge in [-0.05, 0) is 51.3 Å². The molecule has 0 saturated carbocycles. The van der Waals surface area contributed by atoms with E-state index in [0.29, 0.717) is 17.6 Å². The molecule has 0 aliphatic carbocycles. The number of benzene rings is 1. The van der Waals surface area contributed by atoms with Crippen LogP contribution in [-0.2, 0) is 4.79 Å². The maximum atomic E-state index is 11.5. The third-order valence-electron chi connectivity index (χ3n) is 5.56. The van der Waals surface area contributed by atoms with E-state index in [0.717, 1.165) is 48.2 Å². The second kappa shape index (κ2) is 9.35. The normalized spacial score (nSPS) is 16.1. The Morgan fingerprint density at radius 1 is 1.31 bits per heavy atom. The molecule has 0 spiro atoms. The van der Waals surface area contributed by atoms with Crippen LogP contribution < -0.4 is 15.5 Å². The fraction of sp³-hybridized carbons (Fsp3) is 0.522. The highest BCUT2D eigenvalue weighted by atomic mass is 16.1. The third-order valence-corrected chi connectivity index (χ3v) is 5.56. The van der Waals surface area contributed by atoms with Gasteiger partial charge in [0, 0.05) is 37.5 Å². The Labute approximate surface area is 173 Å². The molecule has 156 valence electrons. The van der Waals surface area contributed by atoms with E-state index in [1.165, 1.54) is 19.8 Å². The third kappa shape index (κ3) is 5.32. The largest absolute Gasteiger partial charge is 0.356 e. The van der Waals surface area contributed by atoms with Crippen molar-refractivity contribution < 1.29 is 4.79 Å². The Balaban J connectivity index is 1.85. The molecule has 1 atom stereocenters. The lowest BCUT2D eigenvalue weighted by Crippen LogP contribution is -2.46. The van der Waals surface area contributed by atoms with Crippen LogP contribution in [0.15, 0.2) is 24.3 Å². The van der Waals surface area contributed by atoms with Crippen LogP contribution in [0.1, 0.15) is 57.6 Å². The summed E-state index contributed by atoms with van der Waals surface area (Å²) in [5.41, 5.74) is 2.75. The summed E-state index contributed by atoms with van der Waals surface area (Å²) >= 11 is 0. The number of amidine groups is 1. The van der Waals surface area contributed by atoms with Gasteiger partial charge in [0.25, 0.3) is 0 Å². The first-order valence-electron chi connectivity index (χ1n) is 10.7. The van der Waals surface area contributed by atoms with Crippen molar-refractivity contribution >= 4 is 28.5 Å². The molecule has 29 heavy (non-hydrogen) atoms. The number of anilines is 1. The zero-order valence-electron chi connectivity index (χ0n) is 18.0. The number of fused-ring (bicyclic) bond motifs is 1. The summed E-state index contributed by atoms with van der Waals surface area (Å²) in [6.45, 7) is 9.74. The predicted molar refractivity (Wildman–Crippen MR) is 120 cm³/mol. The topological polar surface area (TPSA) is 81.1 Å². The number of carbonyl (C=O) groups is 1. The SMILES string of the molecule is CCCC(C)NC1CCN(c2nc3ccc(C)cc3cc2C(=N)NC(C)=O)CC1. The van der Waals surface area contributed by atoms with E-state index in [4.69, 9.17) is 10.4 Å². The molecule has 3 N–H and O–H groups in total. The molecule has 1 amide bonds. The molecular formula is C23H33N5O. The molecule has 1 saturated heterocycles. The molecule has 3 rings (SSSR count). The van der Waals surface area contributed by atoms with Crippen molar-refractivity contribution in [1.29, 1.82) is 5.41 Å². The molecule has 6 heteroatoms. The first-order valence-corrected chi connectivity index (χ1v) is 10.7. The second-order valence-electron chi connectivity index (χ2n) is 8.23. The molecule has 1 aromatic carbocycles. The standard InChI is InChI=1S/C23H33N5O/c1-5-6-16(3)25-19-9-11-28(12-10-19)23-20(22(24)26-17(4)29)14-18-13-15(2)7-8-21(18)27-23/h7-8,13-14,16,19,25H,5-6,9-12H2,1-4H3,(H2,24,26,29). The fourth-order valence-corrected chi connectivity index (χ4v) is 4.13. The maximum Gasteiger partial charge on any atom is 0.222 e. The number of pyridine rings is 1. The van der Waals surface area contributed by atoms with Crippen LogP contribution in [-0.4, -0.2) is 41.9 Å². The van der Waals surface area contributed by atoms with E-state index in [9.17, 15) is 4.79 Å². The van der Waals surface area contributed by atoms with Crippen LogP contribution in [0.5, 0.6) is 0 Å². The van der Waals surface area contributed by atoms with Gasteiger partial charge in [-0.15, -0.1) is 0 Å². The number of hydrogen-bond acceptors (Lipinski definition) is 5. The van der Waals surface area contributed by atoms with Gasteiger partial charge in [0.05, 0.1) is 11.1 Å². The highest BCUT2D eigenvalue weighted by Gasteiger charge is 2.24. The van der Waals surface area contributed by atoms with E-state index < -0.39 is 0 Å². The van der Waals surface area contributed by atoms with Gasteiger partial charge in [-0.25, -0.2) is 4.98 Å². The van der Waals surface area contributed by atoms with Crippen LogP contribution in [0.2, 0.25) is 0 Å². The molecule has 1 fully saturated rings. The lowest BCUT2D eigenvalue weighted by Gasteiger charge is -2.35. The van der Waals surface area contributed by atoms with E-state index in [2.05, 4.69) is 41.5 Å². The van der Waals surface area contributed by atoms with Crippen LogP contribution in [0, 0.1) is 12.3 Å². The Hall–Kier alpha value is -2.47. The Morgan fingerprint density at radius 2 is 2.03 bits per heavy atom. The van der Waals surface area contributed by atoms with Crippen molar-refractivity contribution in [3.8, 4) is 0 Å². The minimum absolute atomic E-state index is 0.111.